The molecule has 8 heteroatoms. The molecule has 1 atom stereocenters. The third kappa shape index (κ3) is 3.84. The maximum atomic E-state index is 12.7. The van der Waals surface area contributed by atoms with Gasteiger partial charge >= 0.3 is 5.97 Å². The van der Waals surface area contributed by atoms with E-state index in [2.05, 4.69) is 10.3 Å². The molecule has 0 radical (unpaired) electrons. The summed E-state index contributed by atoms with van der Waals surface area (Å²) in [5, 5.41) is 3.76. The summed E-state index contributed by atoms with van der Waals surface area (Å²) in [5.74, 6) is -1.30. The second kappa shape index (κ2) is 7.63. The number of amides is 2. The topological polar surface area (TPSA) is 88.6 Å². The molecular formula is C21H19N3O4S. The first kappa shape index (κ1) is 19.1. The fourth-order valence-electron chi connectivity index (χ4n) is 3.42. The van der Waals surface area contributed by atoms with Gasteiger partial charge in [0.2, 0.25) is 11.8 Å². The molecule has 1 aromatic heterocycles. The van der Waals surface area contributed by atoms with Crippen molar-refractivity contribution >= 4 is 50.7 Å². The molecule has 0 aliphatic carbocycles. The summed E-state index contributed by atoms with van der Waals surface area (Å²) in [6.07, 6.45) is 0.136. The van der Waals surface area contributed by atoms with E-state index in [1.165, 1.54) is 7.11 Å². The van der Waals surface area contributed by atoms with Gasteiger partial charge in [-0.25, -0.2) is 9.78 Å². The maximum Gasteiger partial charge on any atom is 0.337 e. The summed E-state index contributed by atoms with van der Waals surface area (Å²) in [4.78, 5) is 43.0. The number of methoxy groups -OCH3 is 1. The number of aryl methyl sites for hydroxylation is 1. The van der Waals surface area contributed by atoms with Crippen LogP contribution in [0.3, 0.4) is 0 Å². The van der Waals surface area contributed by atoms with Gasteiger partial charge in [-0.1, -0.05) is 6.07 Å². The Morgan fingerprint density at radius 1 is 1.24 bits per heavy atom. The molecule has 1 unspecified atom stereocenters. The van der Waals surface area contributed by atoms with Crippen LogP contribution in [-0.4, -0.2) is 36.4 Å². The number of esters is 1. The molecule has 1 fully saturated rings. The van der Waals surface area contributed by atoms with Crippen molar-refractivity contribution in [3.63, 3.8) is 0 Å². The van der Waals surface area contributed by atoms with E-state index in [9.17, 15) is 14.4 Å². The molecule has 1 aliphatic heterocycles. The Kier molecular flexibility index (Phi) is 5.02. The Hall–Kier alpha value is -3.26. The fourth-order valence-corrected chi connectivity index (χ4v) is 4.23. The number of thiazole rings is 1. The number of carbonyl (C=O) groups is 3. The average molecular weight is 409 g/mol. The van der Waals surface area contributed by atoms with E-state index in [1.54, 1.807) is 40.5 Å². The van der Waals surface area contributed by atoms with Crippen LogP contribution in [0.25, 0.3) is 10.2 Å². The average Bonchev–Trinajstić information content (AvgIpc) is 3.28. The minimum absolute atomic E-state index is 0.0974. The van der Waals surface area contributed by atoms with Crippen LogP contribution in [0.2, 0.25) is 0 Å². The number of nitrogens with zero attached hydrogens (tertiary/aromatic N) is 2. The smallest absolute Gasteiger partial charge is 0.337 e. The number of ether oxygens (including phenoxy) is 1. The van der Waals surface area contributed by atoms with Gasteiger partial charge in [0.1, 0.15) is 0 Å². The Morgan fingerprint density at radius 3 is 2.86 bits per heavy atom. The van der Waals surface area contributed by atoms with E-state index in [4.69, 9.17) is 4.74 Å². The zero-order valence-electron chi connectivity index (χ0n) is 16.0. The molecular weight excluding hydrogens is 390 g/mol. The second-order valence-corrected chi connectivity index (χ2v) is 8.09. The molecule has 0 bridgehead atoms. The van der Waals surface area contributed by atoms with Gasteiger partial charge in [-0.15, -0.1) is 11.3 Å². The molecule has 3 aromatic rings. The van der Waals surface area contributed by atoms with Crippen molar-refractivity contribution in [3.05, 3.63) is 53.0 Å². The molecule has 0 spiro atoms. The number of aromatic nitrogens is 1. The highest BCUT2D eigenvalue weighted by atomic mass is 32.1. The van der Waals surface area contributed by atoms with Gasteiger partial charge < -0.3 is 15.0 Å². The Bertz CT molecular complexity index is 1120. The maximum absolute atomic E-state index is 12.7. The van der Waals surface area contributed by atoms with Crippen LogP contribution < -0.4 is 10.2 Å². The van der Waals surface area contributed by atoms with Gasteiger partial charge in [0.05, 0.1) is 33.8 Å². The van der Waals surface area contributed by atoms with Crippen molar-refractivity contribution in [2.75, 3.05) is 23.9 Å². The zero-order chi connectivity index (χ0) is 20.5. The Morgan fingerprint density at radius 2 is 2.07 bits per heavy atom. The molecule has 1 saturated heterocycles. The van der Waals surface area contributed by atoms with E-state index < -0.39 is 11.9 Å². The summed E-state index contributed by atoms with van der Waals surface area (Å²) in [7, 11) is 1.30. The Labute approximate surface area is 171 Å². The quantitative estimate of drug-likeness (QED) is 0.668. The van der Waals surface area contributed by atoms with Crippen molar-refractivity contribution in [2.45, 2.75) is 13.3 Å². The first-order valence-corrected chi connectivity index (χ1v) is 9.93. The van der Waals surface area contributed by atoms with Gasteiger partial charge in [-0.2, -0.15) is 0 Å². The first-order valence-electron chi connectivity index (χ1n) is 9.11. The minimum atomic E-state index is -0.476. The van der Waals surface area contributed by atoms with Crippen molar-refractivity contribution in [1.82, 2.24) is 4.98 Å². The fraction of sp³-hybridized carbons (Fsp3) is 0.238. The molecule has 2 heterocycles. The molecule has 0 saturated carbocycles. The summed E-state index contributed by atoms with van der Waals surface area (Å²) in [5.41, 5.74) is 2.44. The lowest BCUT2D eigenvalue weighted by Gasteiger charge is -2.17. The van der Waals surface area contributed by atoms with Crippen LogP contribution in [0.1, 0.15) is 21.8 Å². The van der Waals surface area contributed by atoms with Crippen molar-refractivity contribution in [2.24, 2.45) is 5.92 Å². The molecule has 2 aromatic carbocycles. The van der Waals surface area contributed by atoms with Crippen molar-refractivity contribution in [1.29, 1.82) is 0 Å². The lowest BCUT2D eigenvalue weighted by molar-refractivity contribution is -0.122. The minimum Gasteiger partial charge on any atom is -0.465 e. The van der Waals surface area contributed by atoms with E-state index in [1.807, 2.05) is 25.1 Å². The summed E-state index contributed by atoms with van der Waals surface area (Å²) in [6.45, 7) is 2.25. The summed E-state index contributed by atoms with van der Waals surface area (Å²) < 4.78 is 5.77. The second-order valence-electron chi connectivity index (χ2n) is 6.85. The number of benzene rings is 2. The number of hydrogen-bond acceptors (Lipinski definition) is 6. The van der Waals surface area contributed by atoms with Crippen LogP contribution in [0.4, 0.5) is 11.4 Å². The highest BCUT2D eigenvalue weighted by Crippen LogP contribution is 2.30. The standard InChI is InChI=1S/C21H19N3O4S/c1-12-22-17-10-16(6-7-18(17)29-12)24-11-14(9-19(24)25)20(26)23-15-5-3-4-13(8-15)21(27)28-2/h3-8,10,14H,9,11H2,1-2H3,(H,23,26). The monoisotopic (exact) mass is 409 g/mol. The normalized spacial score (nSPS) is 16.3. The van der Waals surface area contributed by atoms with Gasteiger partial charge in [0.25, 0.3) is 0 Å². The number of anilines is 2. The first-order chi connectivity index (χ1) is 13.9. The molecule has 1 aliphatic rings. The van der Waals surface area contributed by atoms with E-state index in [-0.39, 0.29) is 18.2 Å². The van der Waals surface area contributed by atoms with Crippen molar-refractivity contribution in [3.8, 4) is 0 Å². The zero-order valence-corrected chi connectivity index (χ0v) is 16.8. The van der Waals surface area contributed by atoms with Crippen LogP contribution in [-0.2, 0) is 14.3 Å². The molecule has 2 amide bonds. The molecule has 4 rings (SSSR count). The van der Waals surface area contributed by atoms with Crippen molar-refractivity contribution < 1.29 is 19.1 Å². The van der Waals surface area contributed by atoms with Gasteiger partial charge in [0, 0.05) is 24.3 Å². The van der Waals surface area contributed by atoms with Crippen LogP contribution in [0, 0.1) is 12.8 Å². The molecule has 148 valence electrons. The van der Waals surface area contributed by atoms with Crippen LogP contribution in [0.5, 0.6) is 0 Å². The highest BCUT2D eigenvalue weighted by Gasteiger charge is 2.35. The molecule has 29 heavy (non-hydrogen) atoms. The number of fused-ring (bicyclic) bond motifs is 1. The van der Waals surface area contributed by atoms with E-state index >= 15 is 0 Å². The highest BCUT2D eigenvalue weighted by molar-refractivity contribution is 7.18. The molecule has 7 nitrogen and oxygen atoms in total. The van der Waals surface area contributed by atoms with Gasteiger partial charge in [0.15, 0.2) is 0 Å². The largest absolute Gasteiger partial charge is 0.465 e. The van der Waals surface area contributed by atoms with E-state index in [0.29, 0.717) is 17.8 Å². The SMILES string of the molecule is COC(=O)c1cccc(NC(=O)C2CC(=O)N(c3ccc4sc(C)nc4c3)C2)c1. The van der Waals surface area contributed by atoms with Crippen LogP contribution >= 0.6 is 11.3 Å². The summed E-state index contributed by atoms with van der Waals surface area (Å²) in [6, 6.07) is 12.2. The number of nitrogens with one attached hydrogen (secondary N) is 1. The number of hydrogen-bond donors (Lipinski definition) is 1. The lowest BCUT2D eigenvalue weighted by Crippen LogP contribution is -2.28. The predicted molar refractivity (Wildman–Crippen MR) is 111 cm³/mol. The van der Waals surface area contributed by atoms with Crippen LogP contribution in [0.15, 0.2) is 42.5 Å². The summed E-state index contributed by atoms with van der Waals surface area (Å²) >= 11 is 1.60. The van der Waals surface area contributed by atoms with Gasteiger partial charge in [-0.3, -0.25) is 9.59 Å². The lowest BCUT2D eigenvalue weighted by atomic mass is 10.1. The third-order valence-corrected chi connectivity index (χ3v) is 5.79. The van der Waals surface area contributed by atoms with E-state index in [0.717, 1.165) is 20.9 Å². The predicted octanol–water partition coefficient (Wildman–Crippen LogP) is 3.38. The van der Waals surface area contributed by atoms with Gasteiger partial charge in [-0.05, 0) is 43.3 Å². The number of carbonyl (C=O) groups excluding carboxylic acids is 3. The molecule has 1 N–H and O–H groups in total. The Balaban J connectivity index is 1.48. The number of rotatable bonds is 4. The third-order valence-electron chi connectivity index (χ3n) is 4.84.